The minimum absolute atomic E-state index is 0.0725. The number of para-hydroxylation sites is 1. The molecule has 2 aromatic heterocycles. The van der Waals surface area contributed by atoms with Crippen molar-refractivity contribution in [2.24, 2.45) is 0 Å². The van der Waals surface area contributed by atoms with Crippen molar-refractivity contribution in [3.05, 3.63) is 78.5 Å². The number of nitro benzene ring substituents is 1. The normalized spacial score (nSPS) is 10.9. The van der Waals surface area contributed by atoms with Crippen LogP contribution in [0.5, 0.6) is 0 Å². The number of benzene rings is 2. The molecule has 0 radical (unpaired) electrons. The maximum Gasteiger partial charge on any atom is 0.271 e. The van der Waals surface area contributed by atoms with Gasteiger partial charge in [-0.25, -0.2) is 9.97 Å². The molecule has 0 saturated carbocycles. The van der Waals surface area contributed by atoms with Crippen LogP contribution in [-0.4, -0.2) is 19.9 Å². The standard InChI is InChI=1S/C18H12ClN5O3S/c19-18-21-9-11(28-18)8-20-15-7-10(24(26)27)5-6-12(15)16-22-14-4-2-1-3-13(14)17(25)23-16/h1-7,9,20H,8H2,(H,22,23,25). The lowest BCUT2D eigenvalue weighted by Gasteiger charge is -2.11. The molecule has 4 rings (SSSR count). The smallest absolute Gasteiger partial charge is 0.271 e. The van der Waals surface area contributed by atoms with E-state index in [2.05, 4.69) is 20.3 Å². The molecule has 0 amide bonds. The van der Waals surface area contributed by atoms with Gasteiger partial charge in [-0.15, -0.1) is 11.3 Å². The second-order valence-electron chi connectivity index (χ2n) is 5.85. The third-order valence-electron chi connectivity index (χ3n) is 4.06. The summed E-state index contributed by atoms with van der Waals surface area (Å²) in [5, 5.41) is 14.8. The van der Waals surface area contributed by atoms with E-state index >= 15 is 0 Å². The second-order valence-corrected chi connectivity index (χ2v) is 7.55. The summed E-state index contributed by atoms with van der Waals surface area (Å²) in [7, 11) is 0. The number of aromatic amines is 1. The summed E-state index contributed by atoms with van der Waals surface area (Å²) in [6.45, 7) is 0.371. The maximum atomic E-state index is 12.4. The minimum atomic E-state index is -0.477. The number of thiazole rings is 1. The number of nitrogens with one attached hydrogen (secondary N) is 2. The van der Waals surface area contributed by atoms with Gasteiger partial charge in [0.25, 0.3) is 11.2 Å². The fourth-order valence-electron chi connectivity index (χ4n) is 2.76. The Kier molecular flexibility index (Phi) is 4.76. The van der Waals surface area contributed by atoms with Crippen molar-refractivity contribution in [2.45, 2.75) is 6.54 Å². The summed E-state index contributed by atoms with van der Waals surface area (Å²) >= 11 is 7.16. The van der Waals surface area contributed by atoms with Crippen LogP contribution in [0.4, 0.5) is 11.4 Å². The van der Waals surface area contributed by atoms with E-state index in [1.165, 1.54) is 23.5 Å². The largest absolute Gasteiger partial charge is 0.379 e. The summed E-state index contributed by atoms with van der Waals surface area (Å²) in [6.07, 6.45) is 1.63. The monoisotopic (exact) mass is 413 g/mol. The van der Waals surface area contributed by atoms with Crippen LogP contribution in [0.15, 0.2) is 53.5 Å². The molecule has 0 spiro atoms. The Bertz CT molecular complexity index is 1250. The number of anilines is 1. The number of nitro groups is 1. The number of rotatable bonds is 5. The highest BCUT2D eigenvalue weighted by Crippen LogP contribution is 2.30. The van der Waals surface area contributed by atoms with Gasteiger partial charge >= 0.3 is 0 Å². The molecule has 0 aliphatic rings. The number of fused-ring (bicyclic) bond motifs is 1. The molecule has 0 atom stereocenters. The first-order valence-electron chi connectivity index (χ1n) is 8.13. The van der Waals surface area contributed by atoms with E-state index in [1.807, 2.05) is 0 Å². The van der Waals surface area contributed by atoms with Crippen molar-refractivity contribution in [2.75, 3.05) is 5.32 Å². The van der Waals surface area contributed by atoms with E-state index in [4.69, 9.17) is 11.6 Å². The molecule has 2 aromatic carbocycles. The third-order valence-corrected chi connectivity index (χ3v) is 5.18. The van der Waals surface area contributed by atoms with Crippen molar-refractivity contribution in [3.8, 4) is 11.4 Å². The Balaban J connectivity index is 1.79. The van der Waals surface area contributed by atoms with E-state index in [9.17, 15) is 14.9 Å². The molecule has 2 heterocycles. The molecule has 140 valence electrons. The average Bonchev–Trinajstić information content (AvgIpc) is 3.11. The second kappa shape index (κ2) is 7.37. The van der Waals surface area contributed by atoms with Crippen LogP contribution in [0.1, 0.15) is 4.88 Å². The predicted octanol–water partition coefficient (Wildman–Crippen LogP) is 4.22. The summed E-state index contributed by atoms with van der Waals surface area (Å²) in [6, 6.07) is 11.3. The molecular weight excluding hydrogens is 402 g/mol. The third kappa shape index (κ3) is 3.57. The number of non-ortho nitro benzene ring substituents is 1. The van der Waals surface area contributed by atoms with Crippen molar-refractivity contribution in [1.29, 1.82) is 0 Å². The van der Waals surface area contributed by atoms with Crippen molar-refractivity contribution in [1.82, 2.24) is 15.0 Å². The molecule has 10 heteroatoms. The zero-order valence-corrected chi connectivity index (χ0v) is 15.8. The number of aromatic nitrogens is 3. The highest BCUT2D eigenvalue weighted by atomic mass is 35.5. The first-order chi connectivity index (χ1) is 13.5. The number of H-pyrrole nitrogens is 1. The highest BCUT2D eigenvalue weighted by Gasteiger charge is 2.15. The number of hydrogen-bond acceptors (Lipinski definition) is 7. The van der Waals surface area contributed by atoms with Gasteiger partial charge in [0.2, 0.25) is 0 Å². The van der Waals surface area contributed by atoms with Gasteiger partial charge < -0.3 is 10.3 Å². The fraction of sp³-hybridized carbons (Fsp3) is 0.0556. The molecular formula is C18H12ClN5O3S. The zero-order chi connectivity index (χ0) is 19.7. The Morgan fingerprint density at radius 1 is 1.25 bits per heavy atom. The highest BCUT2D eigenvalue weighted by molar-refractivity contribution is 7.15. The van der Waals surface area contributed by atoms with Gasteiger partial charge in [-0.05, 0) is 18.2 Å². The summed E-state index contributed by atoms with van der Waals surface area (Å²) in [5.41, 5.74) is 1.21. The minimum Gasteiger partial charge on any atom is -0.379 e. The van der Waals surface area contributed by atoms with Crippen LogP contribution in [0.3, 0.4) is 0 Å². The van der Waals surface area contributed by atoms with E-state index in [0.717, 1.165) is 4.88 Å². The number of hydrogen-bond donors (Lipinski definition) is 2. The summed E-state index contributed by atoms with van der Waals surface area (Å²) in [5.74, 6) is 0.323. The van der Waals surface area contributed by atoms with E-state index in [0.29, 0.717) is 39.0 Å². The van der Waals surface area contributed by atoms with Crippen LogP contribution < -0.4 is 10.9 Å². The SMILES string of the molecule is O=c1[nH]c(-c2ccc([N+](=O)[O-])cc2NCc2cnc(Cl)s2)nc2ccccc12. The van der Waals surface area contributed by atoms with Crippen LogP contribution in [-0.2, 0) is 6.54 Å². The topological polar surface area (TPSA) is 114 Å². The molecule has 2 N–H and O–H groups in total. The lowest BCUT2D eigenvalue weighted by atomic mass is 10.1. The van der Waals surface area contributed by atoms with Gasteiger partial charge in [-0.1, -0.05) is 23.7 Å². The summed E-state index contributed by atoms with van der Waals surface area (Å²) in [4.78, 5) is 35.2. The molecule has 8 nitrogen and oxygen atoms in total. The molecule has 0 unspecified atom stereocenters. The molecule has 0 saturated heterocycles. The Morgan fingerprint density at radius 2 is 2.07 bits per heavy atom. The van der Waals surface area contributed by atoms with Gasteiger partial charge in [0.1, 0.15) is 5.82 Å². The predicted molar refractivity (Wildman–Crippen MR) is 109 cm³/mol. The Labute approximate surface area is 167 Å². The lowest BCUT2D eigenvalue weighted by molar-refractivity contribution is -0.384. The zero-order valence-electron chi connectivity index (χ0n) is 14.2. The average molecular weight is 414 g/mol. The first kappa shape index (κ1) is 18.1. The van der Waals surface area contributed by atoms with Crippen LogP contribution in [0.2, 0.25) is 4.47 Å². The maximum absolute atomic E-state index is 12.4. The van der Waals surface area contributed by atoms with Gasteiger partial charge in [-0.3, -0.25) is 14.9 Å². The van der Waals surface area contributed by atoms with E-state index in [1.54, 1.807) is 36.5 Å². The van der Waals surface area contributed by atoms with E-state index in [-0.39, 0.29) is 11.2 Å². The molecule has 0 aliphatic carbocycles. The van der Waals surface area contributed by atoms with Crippen LogP contribution in [0.25, 0.3) is 22.3 Å². The summed E-state index contributed by atoms with van der Waals surface area (Å²) < 4.78 is 0.414. The van der Waals surface area contributed by atoms with Crippen LogP contribution in [0, 0.1) is 10.1 Å². The molecule has 28 heavy (non-hydrogen) atoms. The van der Waals surface area contributed by atoms with Crippen LogP contribution >= 0.6 is 22.9 Å². The molecule has 0 aliphatic heterocycles. The number of halogens is 1. The lowest BCUT2D eigenvalue weighted by Crippen LogP contribution is -2.10. The van der Waals surface area contributed by atoms with Gasteiger partial charge in [0, 0.05) is 28.8 Å². The van der Waals surface area contributed by atoms with E-state index < -0.39 is 4.92 Å². The van der Waals surface area contributed by atoms with Gasteiger partial charge in [0.05, 0.1) is 28.1 Å². The van der Waals surface area contributed by atoms with Crippen molar-refractivity contribution < 1.29 is 4.92 Å². The molecule has 0 fully saturated rings. The van der Waals surface area contributed by atoms with Crippen molar-refractivity contribution >= 4 is 45.2 Å². The van der Waals surface area contributed by atoms with Gasteiger partial charge in [-0.2, -0.15) is 0 Å². The Hall–Kier alpha value is -3.30. The van der Waals surface area contributed by atoms with Crippen molar-refractivity contribution in [3.63, 3.8) is 0 Å². The fourth-order valence-corrected chi connectivity index (χ4v) is 3.68. The van der Waals surface area contributed by atoms with Gasteiger partial charge in [0.15, 0.2) is 4.47 Å². The Morgan fingerprint density at radius 3 is 2.82 bits per heavy atom. The quantitative estimate of drug-likeness (QED) is 0.374. The first-order valence-corrected chi connectivity index (χ1v) is 9.32. The molecule has 0 bridgehead atoms. The molecule has 4 aromatic rings. The number of nitrogens with zero attached hydrogens (tertiary/aromatic N) is 3.